The molecule has 2 aromatic carbocycles. The molecule has 0 aliphatic carbocycles. The van der Waals surface area contributed by atoms with E-state index in [4.69, 9.17) is 16.3 Å². The molecular formula is C25H22ClN5O3S. The Bertz CT molecular complexity index is 1610. The molecule has 2 N–H and O–H groups in total. The summed E-state index contributed by atoms with van der Waals surface area (Å²) in [7, 11) is 1.32. The number of esters is 1. The second-order valence-electron chi connectivity index (χ2n) is 8.04. The number of methoxy groups -OCH3 is 1. The lowest BCUT2D eigenvalue weighted by Crippen LogP contribution is -2.20. The number of aromatic amines is 2. The van der Waals surface area contributed by atoms with Gasteiger partial charge < -0.3 is 9.72 Å². The predicted octanol–water partition coefficient (Wildman–Crippen LogP) is 4.68. The molecule has 0 unspecified atom stereocenters. The Hall–Kier alpha value is -3.69. The number of ether oxygens (including phenoxy) is 1. The van der Waals surface area contributed by atoms with Gasteiger partial charge >= 0.3 is 5.97 Å². The number of rotatable bonds is 7. The Kier molecular flexibility index (Phi) is 6.27. The maximum atomic E-state index is 13.4. The highest BCUT2D eigenvalue weighted by atomic mass is 35.5. The van der Waals surface area contributed by atoms with Gasteiger partial charge in [0.05, 0.1) is 35.0 Å². The first kappa shape index (κ1) is 23.1. The summed E-state index contributed by atoms with van der Waals surface area (Å²) in [5.74, 6) is -0.451. The van der Waals surface area contributed by atoms with Gasteiger partial charge in [-0.1, -0.05) is 35.1 Å². The number of aliphatic imine (C=N–C) groups is 1. The molecule has 5 aromatic rings. The van der Waals surface area contributed by atoms with Crippen LogP contribution in [0.25, 0.3) is 26.3 Å². The van der Waals surface area contributed by atoms with Gasteiger partial charge in [0.2, 0.25) is 5.13 Å². The van der Waals surface area contributed by atoms with E-state index in [2.05, 4.69) is 20.1 Å². The van der Waals surface area contributed by atoms with Crippen LogP contribution in [-0.4, -0.2) is 45.1 Å². The largest absolute Gasteiger partial charge is 0.469 e. The van der Waals surface area contributed by atoms with Crippen LogP contribution in [-0.2, 0) is 22.4 Å². The molecule has 10 heteroatoms. The van der Waals surface area contributed by atoms with E-state index < -0.39 is 5.97 Å². The molecule has 8 nitrogen and oxygen atoms in total. The van der Waals surface area contributed by atoms with Crippen LogP contribution < -0.4 is 5.56 Å². The number of nitrogens with zero attached hydrogens (tertiary/aromatic N) is 3. The van der Waals surface area contributed by atoms with Gasteiger partial charge in [0.25, 0.3) is 5.56 Å². The predicted molar refractivity (Wildman–Crippen MR) is 139 cm³/mol. The number of aromatic nitrogens is 4. The lowest BCUT2D eigenvalue weighted by atomic mass is 10.1. The number of carbonyl (C=O) groups excluding carboxylic acids is 1. The van der Waals surface area contributed by atoms with Gasteiger partial charge in [-0.2, -0.15) is 4.68 Å². The maximum Gasteiger partial charge on any atom is 0.311 e. The molecule has 0 atom stereocenters. The minimum atomic E-state index is -0.451. The van der Waals surface area contributed by atoms with Crippen LogP contribution in [0.4, 0.5) is 0 Å². The Labute approximate surface area is 209 Å². The summed E-state index contributed by atoms with van der Waals surface area (Å²) in [5, 5.41) is 5.28. The van der Waals surface area contributed by atoms with E-state index in [1.54, 1.807) is 6.92 Å². The van der Waals surface area contributed by atoms with Crippen molar-refractivity contribution < 1.29 is 9.53 Å². The third-order valence-corrected chi connectivity index (χ3v) is 7.07. The van der Waals surface area contributed by atoms with Crippen molar-refractivity contribution in [3.8, 4) is 5.13 Å². The molecule has 3 aromatic heterocycles. The molecule has 0 spiro atoms. The molecule has 0 saturated heterocycles. The summed E-state index contributed by atoms with van der Waals surface area (Å²) in [6, 6.07) is 13.4. The quantitative estimate of drug-likeness (QED) is 0.246. The second kappa shape index (κ2) is 9.52. The summed E-state index contributed by atoms with van der Waals surface area (Å²) in [4.78, 5) is 38.0. The van der Waals surface area contributed by atoms with E-state index in [0.29, 0.717) is 40.1 Å². The van der Waals surface area contributed by atoms with Crippen LogP contribution in [0.3, 0.4) is 0 Å². The average Bonchev–Trinajstić information content (AvgIpc) is 3.54. The number of nitrogens with one attached hydrogen (secondary N) is 2. The number of benzene rings is 2. The van der Waals surface area contributed by atoms with Crippen molar-refractivity contribution in [3.05, 3.63) is 80.9 Å². The van der Waals surface area contributed by atoms with E-state index in [9.17, 15) is 9.59 Å². The van der Waals surface area contributed by atoms with E-state index in [-0.39, 0.29) is 12.0 Å². The van der Waals surface area contributed by atoms with Crippen LogP contribution in [0.15, 0.2) is 58.4 Å². The smallest absolute Gasteiger partial charge is 0.311 e. The van der Waals surface area contributed by atoms with Gasteiger partial charge in [0, 0.05) is 34.4 Å². The summed E-state index contributed by atoms with van der Waals surface area (Å²) in [6.07, 6.45) is 2.54. The number of halogens is 1. The Balaban J connectivity index is 1.47. The summed E-state index contributed by atoms with van der Waals surface area (Å²) < 4.78 is 7.17. The highest BCUT2D eigenvalue weighted by molar-refractivity contribution is 7.20. The Morgan fingerprint density at radius 2 is 2.09 bits per heavy atom. The third-order valence-electron chi connectivity index (χ3n) is 5.81. The molecular weight excluding hydrogens is 486 g/mol. The number of H-pyrrole nitrogens is 2. The standard InChI is InChI=1S/C25H22ClN5O3S/c1-14(27-10-9-15-13-28-18-8-7-16(26)11-17(15)18)23-20(12-22(32)34-2)30-31(24(23)33)25-29-19-5-3-4-6-21(19)35-25/h3-8,11,13,28,30H,9-10,12H2,1-2H3. The van der Waals surface area contributed by atoms with Crippen molar-refractivity contribution in [1.82, 2.24) is 19.7 Å². The van der Waals surface area contributed by atoms with Crippen molar-refractivity contribution in [2.45, 2.75) is 19.8 Å². The zero-order valence-electron chi connectivity index (χ0n) is 19.1. The fourth-order valence-corrected chi connectivity index (χ4v) is 5.17. The van der Waals surface area contributed by atoms with Crippen LogP contribution in [0.2, 0.25) is 5.02 Å². The van der Waals surface area contributed by atoms with Crippen molar-refractivity contribution >= 4 is 55.7 Å². The molecule has 5 rings (SSSR count). The molecule has 0 radical (unpaired) electrons. The number of thiazole rings is 1. The molecule has 0 fully saturated rings. The fraction of sp³-hybridized carbons (Fsp3) is 0.200. The number of carbonyl (C=O) groups is 1. The second-order valence-corrected chi connectivity index (χ2v) is 9.49. The van der Waals surface area contributed by atoms with Crippen molar-refractivity contribution in [3.63, 3.8) is 0 Å². The van der Waals surface area contributed by atoms with Crippen molar-refractivity contribution in [2.75, 3.05) is 13.7 Å². The number of hydrogen-bond donors (Lipinski definition) is 2. The molecule has 178 valence electrons. The molecule has 0 aliphatic rings. The van der Waals surface area contributed by atoms with Crippen molar-refractivity contribution in [1.29, 1.82) is 0 Å². The molecule has 0 bridgehead atoms. The molecule has 0 aliphatic heterocycles. The lowest BCUT2D eigenvalue weighted by molar-refractivity contribution is -0.139. The zero-order chi connectivity index (χ0) is 24.5. The molecule has 3 heterocycles. The molecule has 0 saturated carbocycles. The van der Waals surface area contributed by atoms with Crippen LogP contribution in [0.5, 0.6) is 0 Å². The van der Waals surface area contributed by atoms with Gasteiger partial charge in [-0.25, -0.2) is 4.98 Å². The van der Waals surface area contributed by atoms with Gasteiger partial charge in [0.1, 0.15) is 0 Å². The Morgan fingerprint density at radius 3 is 2.89 bits per heavy atom. The van der Waals surface area contributed by atoms with Gasteiger partial charge in [-0.15, -0.1) is 0 Å². The van der Waals surface area contributed by atoms with E-state index in [1.807, 2.05) is 48.7 Å². The monoisotopic (exact) mass is 507 g/mol. The number of para-hydroxylation sites is 1. The topological polar surface area (TPSA) is 105 Å². The summed E-state index contributed by atoms with van der Waals surface area (Å²) in [6.45, 7) is 2.24. The van der Waals surface area contributed by atoms with Gasteiger partial charge in [-0.05, 0) is 49.2 Å². The lowest BCUT2D eigenvalue weighted by Gasteiger charge is -2.02. The fourth-order valence-electron chi connectivity index (χ4n) is 4.07. The Morgan fingerprint density at radius 1 is 1.26 bits per heavy atom. The summed E-state index contributed by atoms with van der Waals surface area (Å²) in [5.41, 5.74) is 3.95. The van der Waals surface area contributed by atoms with Crippen LogP contribution in [0, 0.1) is 0 Å². The minimum absolute atomic E-state index is 0.0766. The van der Waals surface area contributed by atoms with Crippen LogP contribution >= 0.6 is 22.9 Å². The summed E-state index contributed by atoms with van der Waals surface area (Å²) >= 11 is 7.55. The maximum absolute atomic E-state index is 13.4. The van der Waals surface area contributed by atoms with E-state index >= 15 is 0 Å². The first-order valence-corrected chi connectivity index (χ1v) is 12.2. The van der Waals surface area contributed by atoms with Crippen LogP contribution in [0.1, 0.15) is 23.7 Å². The van der Waals surface area contributed by atoms with Gasteiger partial charge in [0.15, 0.2) is 0 Å². The number of hydrogen-bond acceptors (Lipinski definition) is 6. The normalized spacial score (nSPS) is 12.0. The highest BCUT2D eigenvalue weighted by Gasteiger charge is 2.22. The van der Waals surface area contributed by atoms with Gasteiger partial charge in [-0.3, -0.25) is 19.7 Å². The zero-order valence-corrected chi connectivity index (χ0v) is 20.7. The molecule has 35 heavy (non-hydrogen) atoms. The average molecular weight is 508 g/mol. The number of fused-ring (bicyclic) bond motifs is 2. The third kappa shape index (κ3) is 4.52. The van der Waals surface area contributed by atoms with Crippen molar-refractivity contribution in [2.24, 2.45) is 4.99 Å². The highest BCUT2D eigenvalue weighted by Crippen LogP contribution is 2.25. The SMILES string of the molecule is COC(=O)Cc1[nH]n(-c2nc3ccccc3s2)c(=O)c1C(C)=NCCc1c[nH]c2ccc(Cl)cc12. The van der Waals surface area contributed by atoms with E-state index in [0.717, 1.165) is 26.7 Å². The molecule has 0 amide bonds. The first-order chi connectivity index (χ1) is 16.9. The minimum Gasteiger partial charge on any atom is -0.469 e. The van der Waals surface area contributed by atoms with E-state index in [1.165, 1.54) is 23.1 Å². The first-order valence-electron chi connectivity index (χ1n) is 11.0.